The molecule has 0 atom stereocenters. The van der Waals surface area contributed by atoms with Crippen molar-refractivity contribution in [3.8, 4) is 0 Å². The van der Waals surface area contributed by atoms with E-state index in [-0.39, 0.29) is 30.0 Å². The average Bonchev–Trinajstić information content (AvgIpc) is 2.62. The maximum absolute atomic E-state index is 12.2. The van der Waals surface area contributed by atoms with Crippen LogP contribution < -0.4 is 5.73 Å². The summed E-state index contributed by atoms with van der Waals surface area (Å²) in [5, 5.41) is 20.1. The van der Waals surface area contributed by atoms with Gasteiger partial charge in [-0.25, -0.2) is 0 Å². The quantitative estimate of drug-likeness (QED) is 0.366. The first-order valence-corrected chi connectivity index (χ1v) is 6.23. The van der Waals surface area contributed by atoms with Crippen LogP contribution in [0, 0.1) is 15.5 Å². The van der Waals surface area contributed by atoms with Crippen LogP contribution in [-0.2, 0) is 0 Å². The highest BCUT2D eigenvalue weighted by atomic mass is 16.6. The molecule has 1 aliphatic rings. The Morgan fingerprint density at radius 1 is 1.29 bits per heavy atom. The molecule has 0 spiro atoms. The number of nitrogens with two attached hydrogens (primary N) is 1. The van der Waals surface area contributed by atoms with Gasteiger partial charge in [0.2, 0.25) is 0 Å². The number of hydrogen-bond donors (Lipinski definition) is 2. The first-order valence-electron chi connectivity index (χ1n) is 6.23. The maximum atomic E-state index is 12.2. The molecule has 112 valence electrons. The summed E-state index contributed by atoms with van der Waals surface area (Å²) in [6, 6.07) is 2.18. The SMILES string of the molecule is CC(C)(CO)CN1C(=O)c2cc(N)c([N+](=O)[O-])cc2C1=O. The molecule has 0 aliphatic carbocycles. The monoisotopic (exact) mass is 293 g/mol. The van der Waals surface area contributed by atoms with Gasteiger partial charge >= 0.3 is 0 Å². The fraction of sp³-hybridized carbons (Fsp3) is 0.385. The molecular formula is C13H15N3O5. The van der Waals surface area contributed by atoms with E-state index in [0.29, 0.717) is 0 Å². The Labute approximate surface area is 120 Å². The number of carbonyl (C=O) groups is 2. The van der Waals surface area contributed by atoms with Crippen molar-refractivity contribution in [3.05, 3.63) is 33.4 Å². The summed E-state index contributed by atoms with van der Waals surface area (Å²) in [6.45, 7) is 3.22. The lowest BCUT2D eigenvalue weighted by molar-refractivity contribution is -0.383. The minimum atomic E-state index is -0.701. The van der Waals surface area contributed by atoms with E-state index < -0.39 is 27.8 Å². The number of nitro groups is 1. The molecule has 0 bridgehead atoms. The first-order chi connectivity index (χ1) is 9.68. The molecule has 8 heteroatoms. The van der Waals surface area contributed by atoms with Crippen LogP contribution in [0.25, 0.3) is 0 Å². The smallest absolute Gasteiger partial charge is 0.292 e. The molecule has 1 aromatic rings. The van der Waals surface area contributed by atoms with E-state index in [1.807, 2.05) is 0 Å². The average molecular weight is 293 g/mol. The zero-order chi connectivity index (χ0) is 15.9. The predicted octanol–water partition coefficient (Wildman–Crippen LogP) is 0.792. The molecule has 0 radical (unpaired) electrons. The number of aliphatic hydroxyl groups is 1. The number of imide groups is 1. The highest BCUT2D eigenvalue weighted by Gasteiger charge is 2.40. The Bertz CT molecular complexity index is 653. The van der Waals surface area contributed by atoms with Crippen LogP contribution in [0.2, 0.25) is 0 Å². The minimum absolute atomic E-state index is 0.0174. The lowest BCUT2D eigenvalue weighted by Crippen LogP contribution is -2.39. The lowest BCUT2D eigenvalue weighted by atomic mass is 9.94. The molecule has 1 heterocycles. The zero-order valence-corrected chi connectivity index (χ0v) is 11.6. The van der Waals surface area contributed by atoms with E-state index in [4.69, 9.17) is 5.73 Å². The summed E-state index contributed by atoms with van der Waals surface area (Å²) < 4.78 is 0. The highest BCUT2D eigenvalue weighted by molar-refractivity contribution is 6.22. The van der Waals surface area contributed by atoms with Crippen LogP contribution in [0.3, 0.4) is 0 Å². The van der Waals surface area contributed by atoms with Gasteiger partial charge in [-0.05, 0) is 6.07 Å². The van der Waals surface area contributed by atoms with Crippen molar-refractivity contribution >= 4 is 23.2 Å². The second kappa shape index (κ2) is 4.81. The summed E-state index contributed by atoms with van der Waals surface area (Å²) in [6.07, 6.45) is 0. The Hall–Kier alpha value is -2.48. The number of rotatable bonds is 4. The minimum Gasteiger partial charge on any atom is -0.396 e. The van der Waals surface area contributed by atoms with Crippen molar-refractivity contribution in [2.75, 3.05) is 18.9 Å². The number of anilines is 1. The number of nitrogens with zero attached hydrogens (tertiary/aromatic N) is 2. The van der Waals surface area contributed by atoms with E-state index in [1.165, 1.54) is 0 Å². The number of amides is 2. The van der Waals surface area contributed by atoms with Gasteiger partial charge in [-0.15, -0.1) is 0 Å². The van der Waals surface area contributed by atoms with E-state index in [9.17, 15) is 24.8 Å². The number of aliphatic hydroxyl groups excluding tert-OH is 1. The summed E-state index contributed by atoms with van der Waals surface area (Å²) >= 11 is 0. The van der Waals surface area contributed by atoms with Gasteiger partial charge in [0.15, 0.2) is 0 Å². The van der Waals surface area contributed by atoms with Gasteiger partial charge in [0.1, 0.15) is 5.69 Å². The third-order valence-corrected chi connectivity index (χ3v) is 3.33. The van der Waals surface area contributed by atoms with Crippen molar-refractivity contribution < 1.29 is 19.6 Å². The van der Waals surface area contributed by atoms with Gasteiger partial charge in [-0.1, -0.05) is 13.8 Å². The van der Waals surface area contributed by atoms with E-state index >= 15 is 0 Å². The summed E-state index contributed by atoms with van der Waals surface area (Å²) in [4.78, 5) is 35.6. The van der Waals surface area contributed by atoms with Gasteiger partial charge in [-0.2, -0.15) is 0 Å². The third kappa shape index (κ3) is 2.45. The Morgan fingerprint density at radius 3 is 2.29 bits per heavy atom. The van der Waals surface area contributed by atoms with E-state index in [2.05, 4.69) is 0 Å². The number of nitrogen functional groups attached to an aromatic ring is 1. The topological polar surface area (TPSA) is 127 Å². The number of carbonyl (C=O) groups excluding carboxylic acids is 2. The molecule has 8 nitrogen and oxygen atoms in total. The zero-order valence-electron chi connectivity index (χ0n) is 11.6. The summed E-state index contributed by atoms with van der Waals surface area (Å²) in [5.41, 5.74) is 4.33. The van der Waals surface area contributed by atoms with Crippen molar-refractivity contribution in [2.24, 2.45) is 5.41 Å². The maximum Gasteiger partial charge on any atom is 0.292 e. The number of hydrogen-bond acceptors (Lipinski definition) is 6. The van der Waals surface area contributed by atoms with Gasteiger partial charge in [0.25, 0.3) is 17.5 Å². The van der Waals surface area contributed by atoms with Gasteiger partial charge < -0.3 is 10.8 Å². The predicted molar refractivity (Wildman–Crippen MR) is 73.7 cm³/mol. The van der Waals surface area contributed by atoms with Crippen LogP contribution in [0.4, 0.5) is 11.4 Å². The second-order valence-electron chi connectivity index (χ2n) is 5.73. The highest BCUT2D eigenvalue weighted by Crippen LogP contribution is 2.33. The second-order valence-corrected chi connectivity index (χ2v) is 5.73. The lowest BCUT2D eigenvalue weighted by Gasteiger charge is -2.26. The van der Waals surface area contributed by atoms with Crippen molar-refractivity contribution in [1.82, 2.24) is 4.90 Å². The molecule has 0 saturated heterocycles. The van der Waals surface area contributed by atoms with Gasteiger partial charge in [0, 0.05) is 24.6 Å². The molecule has 21 heavy (non-hydrogen) atoms. The van der Waals surface area contributed by atoms with Crippen LogP contribution in [0.1, 0.15) is 34.6 Å². The van der Waals surface area contributed by atoms with Crippen molar-refractivity contribution in [3.63, 3.8) is 0 Å². The van der Waals surface area contributed by atoms with Gasteiger partial charge in [0.05, 0.1) is 16.1 Å². The van der Waals surface area contributed by atoms with Gasteiger partial charge in [-0.3, -0.25) is 24.6 Å². The molecule has 0 saturated carbocycles. The number of nitro benzene ring substituents is 1. The molecule has 0 unspecified atom stereocenters. The molecule has 1 aliphatic heterocycles. The number of fused-ring (bicyclic) bond motifs is 1. The first kappa shape index (κ1) is 14.9. The van der Waals surface area contributed by atoms with Crippen LogP contribution in [0.15, 0.2) is 12.1 Å². The standard InChI is InChI=1S/C13H15N3O5/c1-13(2,6-17)5-15-11(18)7-3-9(14)10(16(20)21)4-8(7)12(15)19/h3-4,17H,5-6,14H2,1-2H3. The van der Waals surface area contributed by atoms with Crippen LogP contribution in [0.5, 0.6) is 0 Å². The van der Waals surface area contributed by atoms with E-state index in [0.717, 1.165) is 17.0 Å². The fourth-order valence-electron chi connectivity index (χ4n) is 2.12. The van der Waals surface area contributed by atoms with Crippen LogP contribution in [-0.4, -0.2) is 39.9 Å². The molecule has 3 N–H and O–H groups in total. The summed E-state index contributed by atoms with van der Waals surface area (Å²) in [5.74, 6) is -1.17. The van der Waals surface area contributed by atoms with Crippen molar-refractivity contribution in [2.45, 2.75) is 13.8 Å². The molecule has 0 fully saturated rings. The molecule has 2 rings (SSSR count). The van der Waals surface area contributed by atoms with Crippen molar-refractivity contribution in [1.29, 1.82) is 0 Å². The normalized spacial score (nSPS) is 14.5. The Kier molecular flexibility index (Phi) is 3.42. The third-order valence-electron chi connectivity index (χ3n) is 3.33. The molecule has 1 aromatic carbocycles. The van der Waals surface area contributed by atoms with Crippen LogP contribution >= 0.6 is 0 Å². The summed E-state index contributed by atoms with van der Waals surface area (Å²) in [7, 11) is 0. The Morgan fingerprint density at radius 2 is 1.81 bits per heavy atom. The Balaban J connectivity index is 2.45. The molecular weight excluding hydrogens is 278 g/mol. The fourth-order valence-corrected chi connectivity index (χ4v) is 2.12. The molecule has 0 aromatic heterocycles. The number of benzene rings is 1. The van der Waals surface area contributed by atoms with E-state index in [1.54, 1.807) is 13.8 Å². The largest absolute Gasteiger partial charge is 0.396 e. The molecule has 2 amide bonds.